The van der Waals surface area contributed by atoms with Crippen molar-refractivity contribution in [3.63, 3.8) is 0 Å². The van der Waals surface area contributed by atoms with E-state index in [0.717, 1.165) is 18.2 Å². The van der Waals surface area contributed by atoms with E-state index in [1.165, 1.54) is 0 Å². The molecule has 2 N–H and O–H groups in total. The van der Waals surface area contributed by atoms with Crippen LogP contribution in [0.25, 0.3) is 0 Å². The largest absolute Gasteiger partial charge is 0.460 e. The second-order valence-corrected chi connectivity index (χ2v) is 4.59. The molecule has 13 heteroatoms. The molecule has 4 nitrogen and oxygen atoms in total. The lowest BCUT2D eigenvalue weighted by molar-refractivity contribution is -0.343. The van der Waals surface area contributed by atoms with E-state index in [1.54, 1.807) is 5.32 Å². The van der Waals surface area contributed by atoms with Gasteiger partial charge < -0.3 is 5.32 Å². The van der Waals surface area contributed by atoms with Gasteiger partial charge in [0.1, 0.15) is 5.82 Å². The van der Waals surface area contributed by atoms with Crippen LogP contribution >= 0.6 is 11.6 Å². The van der Waals surface area contributed by atoms with Crippen LogP contribution in [0.5, 0.6) is 0 Å². The van der Waals surface area contributed by atoms with E-state index in [9.17, 15) is 44.7 Å². The Kier molecular flexibility index (Phi) is 5.33. The number of anilines is 1. The molecule has 3 amide bonds. The summed E-state index contributed by atoms with van der Waals surface area (Å²) in [6.45, 7) is 0. The van der Waals surface area contributed by atoms with E-state index < -0.39 is 40.8 Å². The molecule has 0 bridgehead atoms. The third kappa shape index (κ3) is 3.86. The SMILES string of the molecule is O=C(NC(=O)C(F)(F)C(F)(F)C(F)(F)F)Nc1ccc(F)c(Cl)c1. The minimum Gasteiger partial charge on any atom is -0.308 e. The Bertz CT molecular complexity index is 662. The van der Waals surface area contributed by atoms with Crippen LogP contribution in [0.1, 0.15) is 0 Å². The van der Waals surface area contributed by atoms with Crippen LogP contribution in [-0.4, -0.2) is 30.0 Å². The normalized spacial score (nSPS) is 12.7. The van der Waals surface area contributed by atoms with Gasteiger partial charge in [0.05, 0.1) is 5.02 Å². The fourth-order valence-electron chi connectivity index (χ4n) is 1.24. The van der Waals surface area contributed by atoms with Crippen LogP contribution in [0.2, 0.25) is 5.02 Å². The summed E-state index contributed by atoms with van der Waals surface area (Å²) in [5, 5.41) is 1.73. The summed E-state index contributed by atoms with van der Waals surface area (Å²) in [4.78, 5) is 22.1. The lowest BCUT2D eigenvalue weighted by Gasteiger charge is -2.26. The predicted molar refractivity (Wildman–Crippen MR) is 64.5 cm³/mol. The Hall–Kier alpha value is -2.11. The Balaban J connectivity index is 2.86. The van der Waals surface area contributed by atoms with Crippen molar-refractivity contribution in [3.8, 4) is 0 Å². The quantitative estimate of drug-likeness (QED) is 0.775. The summed E-state index contributed by atoms with van der Waals surface area (Å²) in [6, 6.07) is 0.490. The van der Waals surface area contributed by atoms with Crippen molar-refractivity contribution in [2.24, 2.45) is 0 Å². The molecule has 0 saturated carbocycles. The second-order valence-electron chi connectivity index (χ2n) is 4.18. The number of hydrogen-bond acceptors (Lipinski definition) is 2. The van der Waals surface area contributed by atoms with Gasteiger partial charge in [-0.25, -0.2) is 9.18 Å². The van der Waals surface area contributed by atoms with E-state index in [-0.39, 0.29) is 5.69 Å². The average molecular weight is 385 g/mol. The summed E-state index contributed by atoms with van der Waals surface area (Å²) >= 11 is 5.33. The molecule has 0 atom stereocenters. The number of alkyl halides is 7. The second kappa shape index (κ2) is 6.42. The van der Waals surface area contributed by atoms with Crippen molar-refractivity contribution in [3.05, 3.63) is 29.0 Å². The number of amides is 3. The third-order valence-corrected chi connectivity index (χ3v) is 2.73. The number of benzene rings is 1. The highest BCUT2D eigenvalue weighted by atomic mass is 35.5. The Morgan fingerprint density at radius 3 is 2.00 bits per heavy atom. The Labute approximate surface area is 132 Å². The highest BCUT2D eigenvalue weighted by Gasteiger charge is 2.76. The van der Waals surface area contributed by atoms with Gasteiger partial charge in [0.25, 0.3) is 0 Å². The van der Waals surface area contributed by atoms with Crippen molar-refractivity contribution >= 4 is 29.2 Å². The van der Waals surface area contributed by atoms with Crippen LogP contribution in [0.3, 0.4) is 0 Å². The topological polar surface area (TPSA) is 58.2 Å². The lowest BCUT2D eigenvalue weighted by atomic mass is 10.1. The number of urea groups is 1. The third-order valence-electron chi connectivity index (χ3n) is 2.44. The van der Waals surface area contributed by atoms with Crippen molar-refractivity contribution in [1.29, 1.82) is 0 Å². The molecule has 0 aliphatic carbocycles. The molecule has 0 unspecified atom stereocenters. The summed E-state index contributed by atoms with van der Waals surface area (Å²) in [5.74, 6) is -17.1. The smallest absolute Gasteiger partial charge is 0.308 e. The summed E-state index contributed by atoms with van der Waals surface area (Å²) in [7, 11) is 0. The molecule has 0 saturated heterocycles. The predicted octanol–water partition coefficient (Wildman–Crippen LogP) is 3.96. The average Bonchev–Trinajstić information content (AvgIpc) is 2.41. The van der Waals surface area contributed by atoms with Gasteiger partial charge in [-0.05, 0) is 18.2 Å². The molecule has 0 spiro atoms. The lowest BCUT2D eigenvalue weighted by Crippen LogP contribution is -2.60. The minimum atomic E-state index is -6.73. The van der Waals surface area contributed by atoms with Gasteiger partial charge in [0.2, 0.25) is 0 Å². The molecule has 0 radical (unpaired) electrons. The summed E-state index contributed by atoms with van der Waals surface area (Å²) in [5.41, 5.74) is -0.349. The molecule has 0 aliphatic heterocycles. The standard InChI is InChI=1S/C11H5ClF8N2O2/c12-5-3-4(1-2-6(5)13)21-8(24)22-7(23)9(14,15)10(16,17)11(18,19)20/h1-3H,(H2,21,22,23,24). The summed E-state index contributed by atoms with van der Waals surface area (Å²) in [6.07, 6.45) is -6.73. The molecule has 1 aromatic carbocycles. The van der Waals surface area contributed by atoms with Gasteiger partial charge in [-0.2, -0.15) is 30.7 Å². The van der Waals surface area contributed by atoms with Crippen LogP contribution in [-0.2, 0) is 4.79 Å². The Morgan fingerprint density at radius 2 is 1.54 bits per heavy atom. The van der Waals surface area contributed by atoms with Gasteiger partial charge in [0, 0.05) is 5.69 Å². The molecule has 0 aliphatic rings. The number of carbonyl (C=O) groups excluding carboxylic acids is 2. The van der Waals surface area contributed by atoms with E-state index >= 15 is 0 Å². The number of hydrogen-bond donors (Lipinski definition) is 2. The minimum absolute atomic E-state index is 0.349. The van der Waals surface area contributed by atoms with E-state index in [2.05, 4.69) is 0 Å². The van der Waals surface area contributed by atoms with Crippen molar-refractivity contribution in [1.82, 2.24) is 5.32 Å². The molecule has 134 valence electrons. The monoisotopic (exact) mass is 384 g/mol. The molecule has 24 heavy (non-hydrogen) atoms. The zero-order chi connectivity index (χ0) is 18.9. The summed E-state index contributed by atoms with van der Waals surface area (Å²) < 4.78 is 99.7. The van der Waals surface area contributed by atoms with Crippen LogP contribution in [0, 0.1) is 5.82 Å². The fraction of sp³-hybridized carbons (Fsp3) is 0.273. The maximum atomic E-state index is 13.0. The van der Waals surface area contributed by atoms with E-state index in [0.29, 0.717) is 5.32 Å². The number of rotatable bonds is 3. The number of imide groups is 1. The maximum Gasteiger partial charge on any atom is 0.460 e. The van der Waals surface area contributed by atoms with E-state index in [4.69, 9.17) is 11.6 Å². The zero-order valence-corrected chi connectivity index (χ0v) is 11.7. The number of carbonyl (C=O) groups is 2. The van der Waals surface area contributed by atoms with Gasteiger partial charge in [-0.15, -0.1) is 0 Å². The van der Waals surface area contributed by atoms with Crippen LogP contribution in [0.15, 0.2) is 18.2 Å². The van der Waals surface area contributed by atoms with Gasteiger partial charge in [0.15, 0.2) is 0 Å². The first-order chi connectivity index (χ1) is 10.7. The van der Waals surface area contributed by atoms with Gasteiger partial charge in [-0.1, -0.05) is 11.6 Å². The molecule has 1 aromatic rings. The molecule has 1 rings (SSSR count). The first-order valence-corrected chi connectivity index (χ1v) is 5.98. The zero-order valence-electron chi connectivity index (χ0n) is 11.0. The molecular weight excluding hydrogens is 380 g/mol. The van der Waals surface area contributed by atoms with E-state index in [1.807, 2.05) is 0 Å². The molecular formula is C11H5ClF8N2O2. The molecule has 0 fully saturated rings. The Morgan fingerprint density at radius 1 is 1.00 bits per heavy atom. The van der Waals surface area contributed by atoms with Crippen LogP contribution in [0.4, 0.5) is 45.6 Å². The molecule has 0 heterocycles. The molecule has 0 aromatic heterocycles. The maximum absolute atomic E-state index is 13.0. The number of nitrogens with one attached hydrogen (secondary N) is 2. The highest BCUT2D eigenvalue weighted by Crippen LogP contribution is 2.46. The van der Waals surface area contributed by atoms with Crippen molar-refractivity contribution < 1.29 is 44.7 Å². The van der Waals surface area contributed by atoms with Crippen molar-refractivity contribution in [2.45, 2.75) is 18.0 Å². The fourth-order valence-corrected chi connectivity index (χ4v) is 1.42. The first-order valence-electron chi connectivity index (χ1n) is 5.60. The highest BCUT2D eigenvalue weighted by molar-refractivity contribution is 6.31. The first kappa shape index (κ1) is 19.9. The number of halogens is 9. The van der Waals surface area contributed by atoms with Crippen LogP contribution < -0.4 is 10.6 Å². The van der Waals surface area contributed by atoms with Crippen molar-refractivity contribution in [2.75, 3.05) is 5.32 Å². The van der Waals surface area contributed by atoms with Gasteiger partial charge >= 0.3 is 30.0 Å². The van der Waals surface area contributed by atoms with Gasteiger partial charge in [-0.3, -0.25) is 10.1 Å².